The minimum atomic E-state index is -0.486. The van der Waals surface area contributed by atoms with Gasteiger partial charge in [-0.25, -0.2) is 0 Å². The van der Waals surface area contributed by atoms with E-state index in [2.05, 4.69) is 11.4 Å². The first kappa shape index (κ1) is 21.7. The number of aryl methyl sites for hydroxylation is 2. The van der Waals surface area contributed by atoms with Crippen molar-refractivity contribution in [2.45, 2.75) is 66.1 Å². The summed E-state index contributed by atoms with van der Waals surface area (Å²) in [7, 11) is 0. The van der Waals surface area contributed by atoms with Gasteiger partial charge >= 0.3 is 0 Å². The lowest BCUT2D eigenvalue weighted by Gasteiger charge is -2.31. The van der Waals surface area contributed by atoms with Gasteiger partial charge in [-0.3, -0.25) is 9.59 Å². The second kappa shape index (κ2) is 10.1. The molecule has 2 rings (SSSR count). The third-order valence-corrected chi connectivity index (χ3v) is 4.69. The summed E-state index contributed by atoms with van der Waals surface area (Å²) in [5, 5.41) is 2.97. The fourth-order valence-electron chi connectivity index (χ4n) is 3.41. The van der Waals surface area contributed by atoms with Gasteiger partial charge in [0, 0.05) is 12.6 Å². The molecule has 0 aliphatic heterocycles. The van der Waals surface area contributed by atoms with E-state index in [1.165, 1.54) is 0 Å². The number of benzene rings is 2. The lowest BCUT2D eigenvalue weighted by Crippen LogP contribution is -2.50. The topological polar surface area (TPSA) is 49.4 Å². The normalized spacial score (nSPS) is 11.9. The molecular formula is C24H32N2O2. The Morgan fingerprint density at radius 1 is 0.964 bits per heavy atom. The zero-order valence-electron chi connectivity index (χ0n) is 17.7. The number of hydrogen-bond acceptors (Lipinski definition) is 2. The Labute approximate surface area is 169 Å². The number of hydrogen-bond donors (Lipinski definition) is 1. The molecule has 0 spiro atoms. The molecule has 0 aliphatic rings. The number of nitrogens with one attached hydrogen (secondary N) is 1. The highest BCUT2D eigenvalue weighted by Gasteiger charge is 2.29. The molecule has 0 heterocycles. The molecule has 0 fully saturated rings. The second-order valence-electron chi connectivity index (χ2n) is 7.76. The van der Waals surface area contributed by atoms with Crippen molar-refractivity contribution >= 4 is 11.8 Å². The molecule has 0 saturated heterocycles. The molecule has 4 nitrogen and oxygen atoms in total. The Balaban J connectivity index is 2.30. The molecular weight excluding hydrogens is 348 g/mol. The summed E-state index contributed by atoms with van der Waals surface area (Å²) in [4.78, 5) is 27.8. The Morgan fingerprint density at radius 3 is 2.07 bits per heavy atom. The summed E-state index contributed by atoms with van der Waals surface area (Å²) in [5.74, 6) is -0.124. The predicted octanol–water partition coefficient (Wildman–Crippen LogP) is 4.18. The monoisotopic (exact) mass is 380 g/mol. The van der Waals surface area contributed by atoms with E-state index in [0.717, 1.165) is 22.3 Å². The van der Waals surface area contributed by atoms with Gasteiger partial charge in [0.05, 0.1) is 6.42 Å². The van der Waals surface area contributed by atoms with Crippen molar-refractivity contribution < 1.29 is 9.59 Å². The molecule has 28 heavy (non-hydrogen) atoms. The fraction of sp³-hybridized carbons (Fsp3) is 0.417. The van der Waals surface area contributed by atoms with Crippen LogP contribution in [0.4, 0.5) is 0 Å². The largest absolute Gasteiger partial charge is 0.352 e. The third kappa shape index (κ3) is 6.22. The van der Waals surface area contributed by atoms with E-state index in [1.807, 2.05) is 77.1 Å². The zero-order valence-corrected chi connectivity index (χ0v) is 17.7. The predicted molar refractivity (Wildman–Crippen MR) is 114 cm³/mol. The van der Waals surface area contributed by atoms with Crippen LogP contribution in [0.5, 0.6) is 0 Å². The average molecular weight is 381 g/mol. The van der Waals surface area contributed by atoms with Gasteiger partial charge in [-0.2, -0.15) is 0 Å². The molecule has 1 atom stereocenters. The maximum Gasteiger partial charge on any atom is 0.243 e. The van der Waals surface area contributed by atoms with Crippen molar-refractivity contribution in [3.63, 3.8) is 0 Å². The fourth-order valence-corrected chi connectivity index (χ4v) is 3.41. The highest BCUT2D eigenvalue weighted by Crippen LogP contribution is 2.16. The Morgan fingerprint density at radius 2 is 1.54 bits per heavy atom. The van der Waals surface area contributed by atoms with Crippen molar-refractivity contribution in [2.75, 3.05) is 0 Å². The summed E-state index contributed by atoms with van der Waals surface area (Å²) in [6.07, 6.45) is 0.864. The van der Waals surface area contributed by atoms with E-state index in [4.69, 9.17) is 0 Å². The second-order valence-corrected chi connectivity index (χ2v) is 7.76. The average Bonchev–Trinajstić information content (AvgIpc) is 2.61. The smallest absolute Gasteiger partial charge is 0.243 e. The molecule has 0 aliphatic carbocycles. The van der Waals surface area contributed by atoms with Crippen LogP contribution in [0.15, 0.2) is 48.5 Å². The third-order valence-electron chi connectivity index (χ3n) is 4.69. The van der Waals surface area contributed by atoms with Crippen LogP contribution in [0.3, 0.4) is 0 Å². The molecule has 0 saturated carbocycles. The maximum atomic E-state index is 13.2. The number of rotatable bonds is 8. The summed E-state index contributed by atoms with van der Waals surface area (Å²) in [6.45, 7) is 10.3. The van der Waals surface area contributed by atoms with Crippen molar-refractivity contribution in [1.82, 2.24) is 10.2 Å². The van der Waals surface area contributed by atoms with E-state index >= 15 is 0 Å². The number of nitrogens with zero attached hydrogens (tertiary/aromatic N) is 1. The van der Waals surface area contributed by atoms with E-state index in [0.29, 0.717) is 19.4 Å². The van der Waals surface area contributed by atoms with Crippen molar-refractivity contribution in [3.8, 4) is 0 Å². The minimum absolute atomic E-state index is 0.0298. The van der Waals surface area contributed by atoms with Gasteiger partial charge in [0.15, 0.2) is 0 Å². The lowest BCUT2D eigenvalue weighted by atomic mass is 10.0. The first-order valence-electron chi connectivity index (χ1n) is 10.0. The Bertz CT molecular complexity index is 814. The van der Waals surface area contributed by atoms with E-state index in [1.54, 1.807) is 4.90 Å². The van der Waals surface area contributed by atoms with Crippen LogP contribution in [0.25, 0.3) is 0 Å². The molecule has 0 bridgehead atoms. The molecule has 150 valence electrons. The van der Waals surface area contributed by atoms with E-state index in [9.17, 15) is 9.59 Å². The van der Waals surface area contributed by atoms with Gasteiger partial charge in [-0.05, 0) is 45.2 Å². The number of carbonyl (C=O) groups excluding carboxylic acids is 2. The summed E-state index contributed by atoms with van der Waals surface area (Å²) < 4.78 is 0. The summed E-state index contributed by atoms with van der Waals surface area (Å²) in [5.41, 5.74) is 4.27. The highest BCUT2D eigenvalue weighted by molar-refractivity contribution is 5.88. The quantitative estimate of drug-likeness (QED) is 0.747. The number of carbonyl (C=O) groups is 2. The molecule has 0 radical (unpaired) electrons. The van der Waals surface area contributed by atoms with Gasteiger partial charge in [-0.1, -0.05) is 66.6 Å². The molecule has 1 N–H and O–H groups in total. The van der Waals surface area contributed by atoms with E-state index in [-0.39, 0.29) is 17.9 Å². The van der Waals surface area contributed by atoms with Gasteiger partial charge in [0.25, 0.3) is 0 Å². The standard InChI is InChI=1S/C24H32N2O2/c1-6-22(24(28)25-17(2)3)26(16-21-12-8-10-19(5)14-21)23(27)15-20-11-7-9-18(4)13-20/h7-14,17,22H,6,15-16H2,1-5H3,(H,25,28)/t22-/m0/s1. The first-order chi connectivity index (χ1) is 13.3. The maximum absolute atomic E-state index is 13.2. The molecule has 4 heteroatoms. The van der Waals surface area contributed by atoms with Gasteiger partial charge in [0.2, 0.25) is 11.8 Å². The van der Waals surface area contributed by atoms with Crippen LogP contribution in [0, 0.1) is 13.8 Å². The molecule has 2 aromatic carbocycles. The van der Waals surface area contributed by atoms with Crippen LogP contribution in [-0.4, -0.2) is 28.8 Å². The Hall–Kier alpha value is -2.62. The van der Waals surface area contributed by atoms with Crippen molar-refractivity contribution in [2.24, 2.45) is 0 Å². The van der Waals surface area contributed by atoms with Crippen LogP contribution in [0.2, 0.25) is 0 Å². The first-order valence-corrected chi connectivity index (χ1v) is 10.0. The van der Waals surface area contributed by atoms with Crippen LogP contribution < -0.4 is 5.32 Å². The van der Waals surface area contributed by atoms with E-state index < -0.39 is 6.04 Å². The highest BCUT2D eigenvalue weighted by atomic mass is 16.2. The van der Waals surface area contributed by atoms with Crippen LogP contribution in [-0.2, 0) is 22.6 Å². The Kier molecular flexibility index (Phi) is 7.80. The lowest BCUT2D eigenvalue weighted by molar-refractivity contribution is -0.141. The molecule has 0 aromatic heterocycles. The molecule has 2 amide bonds. The summed E-state index contributed by atoms with van der Waals surface area (Å²) >= 11 is 0. The van der Waals surface area contributed by atoms with Crippen LogP contribution in [0.1, 0.15) is 49.4 Å². The molecule has 2 aromatic rings. The van der Waals surface area contributed by atoms with Crippen LogP contribution >= 0.6 is 0 Å². The van der Waals surface area contributed by atoms with Gasteiger partial charge in [-0.15, -0.1) is 0 Å². The zero-order chi connectivity index (χ0) is 20.7. The van der Waals surface area contributed by atoms with Gasteiger partial charge < -0.3 is 10.2 Å². The van der Waals surface area contributed by atoms with Crippen molar-refractivity contribution in [1.29, 1.82) is 0 Å². The van der Waals surface area contributed by atoms with Crippen molar-refractivity contribution in [3.05, 3.63) is 70.8 Å². The SMILES string of the molecule is CC[C@@H](C(=O)NC(C)C)N(Cc1cccc(C)c1)C(=O)Cc1cccc(C)c1. The minimum Gasteiger partial charge on any atom is -0.352 e. The van der Waals surface area contributed by atoms with Gasteiger partial charge in [0.1, 0.15) is 6.04 Å². The number of amides is 2. The summed E-state index contributed by atoms with van der Waals surface area (Å²) in [6, 6.07) is 15.6. The molecule has 0 unspecified atom stereocenters.